The van der Waals surface area contributed by atoms with Crippen molar-refractivity contribution in [2.75, 3.05) is 19.6 Å². The number of aryl methyl sites for hydroxylation is 3. The first-order valence-electron chi connectivity index (χ1n) is 12.4. The van der Waals surface area contributed by atoms with E-state index in [1.54, 1.807) is 16.4 Å². The summed E-state index contributed by atoms with van der Waals surface area (Å²) >= 11 is 0. The number of hydrogen-bond acceptors (Lipinski definition) is 4. The largest absolute Gasteiger partial charge is 0.378 e. The molecule has 35 heavy (non-hydrogen) atoms. The summed E-state index contributed by atoms with van der Waals surface area (Å²) in [6.07, 6.45) is 1.07. The van der Waals surface area contributed by atoms with E-state index in [0.717, 1.165) is 36.1 Å². The van der Waals surface area contributed by atoms with Gasteiger partial charge in [0.2, 0.25) is 10.0 Å². The van der Waals surface area contributed by atoms with Crippen molar-refractivity contribution in [1.82, 2.24) is 9.21 Å². The van der Waals surface area contributed by atoms with E-state index in [4.69, 9.17) is 0 Å². The number of benzene rings is 3. The molecule has 2 saturated heterocycles. The van der Waals surface area contributed by atoms with Crippen LogP contribution in [0.5, 0.6) is 0 Å². The van der Waals surface area contributed by atoms with Crippen LogP contribution in [0.3, 0.4) is 0 Å². The summed E-state index contributed by atoms with van der Waals surface area (Å²) in [5.74, 6) is -0.115. The summed E-state index contributed by atoms with van der Waals surface area (Å²) < 4.78 is 28.8. The molecule has 3 aromatic rings. The molecule has 0 aliphatic carbocycles. The van der Waals surface area contributed by atoms with Crippen LogP contribution >= 0.6 is 0 Å². The molecule has 2 aliphatic heterocycles. The average molecular weight is 491 g/mol. The van der Waals surface area contributed by atoms with Gasteiger partial charge in [-0.05, 0) is 61.9 Å². The number of aliphatic hydroxyl groups excluding tert-OH is 1. The van der Waals surface area contributed by atoms with Crippen molar-refractivity contribution in [3.05, 3.63) is 89.0 Å². The fourth-order valence-electron chi connectivity index (χ4n) is 5.74. The third kappa shape index (κ3) is 4.56. The van der Waals surface area contributed by atoms with Crippen LogP contribution in [-0.2, 0) is 10.0 Å². The van der Waals surface area contributed by atoms with Gasteiger partial charge < -0.3 is 5.11 Å². The first kappa shape index (κ1) is 24.2. The van der Waals surface area contributed by atoms with Gasteiger partial charge in [-0.15, -0.1) is 0 Å². The second-order valence-electron chi connectivity index (χ2n) is 10.1. The average Bonchev–Trinajstić information content (AvgIpc) is 2.80. The first-order chi connectivity index (χ1) is 16.8. The normalized spacial score (nSPS) is 23.7. The highest BCUT2D eigenvalue weighted by molar-refractivity contribution is 7.89. The zero-order valence-corrected chi connectivity index (χ0v) is 21.5. The number of sulfonamides is 1. The number of fused-ring (bicyclic) bond motifs is 1. The Morgan fingerprint density at radius 2 is 1.49 bits per heavy atom. The lowest BCUT2D eigenvalue weighted by Crippen LogP contribution is -2.66. The molecule has 0 aromatic heterocycles. The highest BCUT2D eigenvalue weighted by Gasteiger charge is 2.50. The second kappa shape index (κ2) is 9.51. The predicted molar refractivity (Wildman–Crippen MR) is 140 cm³/mol. The lowest BCUT2D eigenvalue weighted by molar-refractivity contribution is -0.148. The number of rotatable bonds is 4. The van der Waals surface area contributed by atoms with Crippen LogP contribution in [0.2, 0.25) is 0 Å². The maximum atomic E-state index is 13.6. The Balaban J connectivity index is 1.42. The molecular formula is C29H34N2O3S. The zero-order valence-electron chi connectivity index (χ0n) is 20.7. The van der Waals surface area contributed by atoms with E-state index in [-0.39, 0.29) is 12.0 Å². The molecule has 0 bridgehead atoms. The lowest BCUT2D eigenvalue weighted by atomic mass is 9.79. The van der Waals surface area contributed by atoms with E-state index in [2.05, 4.69) is 61.2 Å². The summed E-state index contributed by atoms with van der Waals surface area (Å²) in [6.45, 7) is 7.75. The number of aliphatic hydroxyl groups is 1. The van der Waals surface area contributed by atoms with Crippen LogP contribution in [0, 0.1) is 20.8 Å². The van der Waals surface area contributed by atoms with Crippen molar-refractivity contribution in [2.24, 2.45) is 0 Å². The summed E-state index contributed by atoms with van der Waals surface area (Å²) in [5.41, 5.74) is 6.62. The van der Waals surface area contributed by atoms with Gasteiger partial charge in [-0.25, -0.2) is 8.42 Å². The second-order valence-corrected chi connectivity index (χ2v) is 12.0. The molecule has 2 aliphatic rings. The molecule has 3 atom stereocenters. The van der Waals surface area contributed by atoms with E-state index < -0.39 is 16.3 Å². The topological polar surface area (TPSA) is 60.9 Å². The van der Waals surface area contributed by atoms with E-state index in [9.17, 15) is 13.5 Å². The van der Waals surface area contributed by atoms with E-state index in [1.165, 1.54) is 16.7 Å². The molecule has 0 spiro atoms. The zero-order chi connectivity index (χ0) is 24.7. The quantitative estimate of drug-likeness (QED) is 0.568. The smallest absolute Gasteiger partial charge is 0.243 e. The molecule has 5 rings (SSSR count). The molecule has 2 fully saturated rings. The molecule has 6 heteroatoms. The fraction of sp³-hybridized carbons (Fsp3) is 0.379. The fourth-order valence-corrected chi connectivity index (χ4v) is 7.46. The van der Waals surface area contributed by atoms with Gasteiger partial charge in [0.05, 0.1) is 4.90 Å². The SMILES string of the molecule is Cc1cc(C)cc(-c2ccc([C@@H]3[C@@H](O)N4CCCCN(S(=O)(=O)c5ccccc5C)C[C@@H]34)cc2)c1. The van der Waals surface area contributed by atoms with Gasteiger partial charge in [-0.2, -0.15) is 4.31 Å². The van der Waals surface area contributed by atoms with Crippen molar-refractivity contribution in [3.63, 3.8) is 0 Å². The first-order valence-corrected chi connectivity index (χ1v) is 13.9. The molecule has 3 aromatic carbocycles. The maximum absolute atomic E-state index is 13.6. The Labute approximate surface area is 209 Å². The Bertz CT molecular complexity index is 1300. The van der Waals surface area contributed by atoms with Gasteiger partial charge in [0.15, 0.2) is 0 Å². The number of hydrogen-bond donors (Lipinski definition) is 1. The molecule has 184 valence electrons. The van der Waals surface area contributed by atoms with E-state index in [0.29, 0.717) is 18.0 Å². The third-order valence-corrected chi connectivity index (χ3v) is 9.55. The summed E-state index contributed by atoms with van der Waals surface area (Å²) in [6, 6.07) is 22.1. The van der Waals surface area contributed by atoms with Gasteiger partial charge in [-0.3, -0.25) is 4.90 Å². The third-order valence-electron chi connectivity index (χ3n) is 7.53. The van der Waals surface area contributed by atoms with Gasteiger partial charge in [0.1, 0.15) is 6.23 Å². The lowest BCUT2D eigenvalue weighted by Gasteiger charge is -2.55. The molecule has 0 unspecified atom stereocenters. The van der Waals surface area contributed by atoms with Gasteiger partial charge in [-0.1, -0.05) is 71.8 Å². The molecule has 1 N–H and O–H groups in total. The van der Waals surface area contributed by atoms with Crippen molar-refractivity contribution in [1.29, 1.82) is 0 Å². The Morgan fingerprint density at radius 1 is 0.829 bits per heavy atom. The molecular weight excluding hydrogens is 456 g/mol. The maximum Gasteiger partial charge on any atom is 0.243 e. The van der Waals surface area contributed by atoms with Crippen molar-refractivity contribution in [3.8, 4) is 11.1 Å². The number of nitrogens with zero attached hydrogens (tertiary/aromatic N) is 2. The Hall–Kier alpha value is -2.51. The highest BCUT2D eigenvalue weighted by atomic mass is 32.2. The van der Waals surface area contributed by atoms with Crippen LogP contribution in [0.15, 0.2) is 71.6 Å². The Kier molecular flexibility index (Phi) is 6.57. The molecule has 2 heterocycles. The summed E-state index contributed by atoms with van der Waals surface area (Å²) in [7, 11) is -3.60. The van der Waals surface area contributed by atoms with Crippen LogP contribution in [0.4, 0.5) is 0 Å². The summed E-state index contributed by atoms with van der Waals surface area (Å²) in [4.78, 5) is 2.45. The van der Waals surface area contributed by atoms with Crippen molar-refractivity contribution in [2.45, 2.75) is 56.7 Å². The molecule has 0 radical (unpaired) electrons. The molecule has 0 saturated carbocycles. The minimum Gasteiger partial charge on any atom is -0.378 e. The van der Waals surface area contributed by atoms with Crippen LogP contribution in [0.25, 0.3) is 11.1 Å². The van der Waals surface area contributed by atoms with Crippen LogP contribution in [0.1, 0.15) is 41.0 Å². The standard InChI is InChI=1S/C29H34N2O3S/c1-20-16-21(2)18-25(17-20)23-10-12-24(13-11-23)28-26-19-30(14-6-7-15-31(26)29(28)32)35(33,34)27-9-5-4-8-22(27)3/h4-5,8-13,16-18,26,28-29,32H,6-7,14-15,19H2,1-3H3/t26-,28-,29+/m0/s1. The van der Waals surface area contributed by atoms with Crippen molar-refractivity contribution < 1.29 is 13.5 Å². The minimum absolute atomic E-state index is 0.0452. The Morgan fingerprint density at radius 3 is 2.17 bits per heavy atom. The van der Waals surface area contributed by atoms with E-state index >= 15 is 0 Å². The summed E-state index contributed by atoms with van der Waals surface area (Å²) in [5, 5.41) is 11.0. The van der Waals surface area contributed by atoms with Crippen LogP contribution in [-0.4, -0.2) is 54.6 Å². The van der Waals surface area contributed by atoms with Crippen molar-refractivity contribution >= 4 is 10.0 Å². The highest BCUT2D eigenvalue weighted by Crippen LogP contribution is 2.42. The van der Waals surface area contributed by atoms with E-state index in [1.807, 2.05) is 19.1 Å². The van der Waals surface area contributed by atoms with Gasteiger partial charge >= 0.3 is 0 Å². The minimum atomic E-state index is -3.60. The van der Waals surface area contributed by atoms with Crippen LogP contribution < -0.4 is 0 Å². The predicted octanol–water partition coefficient (Wildman–Crippen LogP) is 4.85. The van der Waals surface area contributed by atoms with Gasteiger partial charge in [0.25, 0.3) is 0 Å². The molecule has 5 nitrogen and oxygen atoms in total. The molecule has 0 amide bonds. The monoisotopic (exact) mass is 490 g/mol. The van der Waals surface area contributed by atoms with Gasteiger partial charge in [0, 0.05) is 31.6 Å².